The number of aromatic nitrogens is 1. The summed E-state index contributed by atoms with van der Waals surface area (Å²) in [5.41, 5.74) is 2.01. The maximum atomic E-state index is 12.4. The van der Waals surface area contributed by atoms with Gasteiger partial charge in [-0.15, -0.1) is 11.3 Å². The minimum atomic E-state index is -0.292. The Morgan fingerprint density at radius 2 is 2.03 bits per heavy atom. The van der Waals surface area contributed by atoms with E-state index in [1.54, 1.807) is 18.4 Å². The molecule has 0 aliphatic rings. The lowest BCUT2D eigenvalue weighted by molar-refractivity contribution is -0.120. The van der Waals surface area contributed by atoms with E-state index < -0.39 is 0 Å². The van der Waals surface area contributed by atoms with E-state index in [0.717, 1.165) is 5.56 Å². The molecule has 0 fully saturated rings. The fourth-order valence-corrected chi connectivity index (χ4v) is 3.95. The number of amides is 2. The number of carbonyl (C=O) groups is 2. The SMILES string of the molecule is Cc1occc1C(=O)Nc1nc(CC(=O)NCC(c2ccccc2Cl)N(C)C)cs1. The lowest BCUT2D eigenvalue weighted by Crippen LogP contribution is -2.35. The molecule has 30 heavy (non-hydrogen) atoms. The third-order valence-corrected chi connectivity index (χ3v) is 5.75. The van der Waals surface area contributed by atoms with Crippen molar-refractivity contribution in [2.24, 2.45) is 0 Å². The molecule has 0 radical (unpaired) electrons. The Labute approximate surface area is 184 Å². The van der Waals surface area contributed by atoms with Gasteiger partial charge in [0, 0.05) is 16.9 Å². The van der Waals surface area contributed by atoms with Gasteiger partial charge in [0.25, 0.3) is 5.91 Å². The predicted molar refractivity (Wildman–Crippen MR) is 118 cm³/mol. The molecule has 1 atom stereocenters. The Hall–Kier alpha value is -2.68. The van der Waals surface area contributed by atoms with Crippen LogP contribution in [0.5, 0.6) is 0 Å². The van der Waals surface area contributed by atoms with Gasteiger partial charge < -0.3 is 14.6 Å². The van der Waals surface area contributed by atoms with E-state index >= 15 is 0 Å². The zero-order valence-electron chi connectivity index (χ0n) is 16.9. The van der Waals surface area contributed by atoms with Crippen LogP contribution >= 0.6 is 22.9 Å². The molecule has 0 spiro atoms. The van der Waals surface area contributed by atoms with Gasteiger partial charge in [0.1, 0.15) is 5.76 Å². The van der Waals surface area contributed by atoms with E-state index in [-0.39, 0.29) is 24.3 Å². The van der Waals surface area contributed by atoms with E-state index in [2.05, 4.69) is 15.6 Å². The van der Waals surface area contributed by atoms with E-state index in [4.69, 9.17) is 16.0 Å². The minimum absolute atomic E-state index is 0.0499. The summed E-state index contributed by atoms with van der Waals surface area (Å²) in [5.74, 6) is 0.0977. The number of aryl methyl sites for hydroxylation is 1. The maximum absolute atomic E-state index is 12.4. The second-order valence-corrected chi connectivity index (χ2v) is 8.24. The number of hydrogen-bond acceptors (Lipinski definition) is 6. The second kappa shape index (κ2) is 9.88. The Balaban J connectivity index is 1.55. The molecule has 0 bridgehead atoms. The zero-order chi connectivity index (χ0) is 21.7. The van der Waals surface area contributed by atoms with Crippen LogP contribution in [0.3, 0.4) is 0 Å². The van der Waals surface area contributed by atoms with Crippen molar-refractivity contribution < 1.29 is 14.0 Å². The number of hydrogen-bond donors (Lipinski definition) is 2. The molecular weight excluding hydrogens is 424 g/mol. The van der Waals surface area contributed by atoms with Crippen LogP contribution in [0.1, 0.15) is 33.4 Å². The highest BCUT2D eigenvalue weighted by Gasteiger charge is 2.19. The first kappa shape index (κ1) is 22.0. The number of likely N-dealkylation sites (N-methyl/N-ethyl adjacent to an activating group) is 1. The topological polar surface area (TPSA) is 87.5 Å². The van der Waals surface area contributed by atoms with Crippen LogP contribution in [0.4, 0.5) is 5.13 Å². The smallest absolute Gasteiger partial charge is 0.260 e. The van der Waals surface area contributed by atoms with Crippen molar-refractivity contribution >= 4 is 39.9 Å². The average Bonchev–Trinajstić information content (AvgIpc) is 3.31. The fraction of sp³-hybridized carbons (Fsp3) is 0.286. The molecule has 1 aromatic carbocycles. The van der Waals surface area contributed by atoms with Crippen LogP contribution in [0.15, 0.2) is 46.4 Å². The molecule has 9 heteroatoms. The van der Waals surface area contributed by atoms with Crippen molar-refractivity contribution in [2.45, 2.75) is 19.4 Å². The number of rotatable bonds is 8. The van der Waals surface area contributed by atoms with Crippen molar-refractivity contribution in [2.75, 3.05) is 26.0 Å². The largest absolute Gasteiger partial charge is 0.469 e. The molecule has 3 aromatic rings. The highest BCUT2D eigenvalue weighted by molar-refractivity contribution is 7.14. The van der Waals surface area contributed by atoms with E-state index in [0.29, 0.717) is 33.7 Å². The molecule has 0 aliphatic carbocycles. The molecule has 2 N–H and O–H groups in total. The highest BCUT2D eigenvalue weighted by atomic mass is 35.5. The first-order valence-corrected chi connectivity index (χ1v) is 10.6. The molecule has 2 amide bonds. The van der Waals surface area contributed by atoms with Crippen LogP contribution in [-0.2, 0) is 11.2 Å². The van der Waals surface area contributed by atoms with Crippen LogP contribution in [0.2, 0.25) is 5.02 Å². The van der Waals surface area contributed by atoms with Crippen molar-refractivity contribution in [3.8, 4) is 0 Å². The number of nitrogens with zero attached hydrogens (tertiary/aromatic N) is 2. The summed E-state index contributed by atoms with van der Waals surface area (Å²) >= 11 is 7.58. The summed E-state index contributed by atoms with van der Waals surface area (Å²) in [6.45, 7) is 2.14. The van der Waals surface area contributed by atoms with Gasteiger partial charge in [-0.2, -0.15) is 0 Å². The molecular formula is C21H23ClN4O3S. The summed E-state index contributed by atoms with van der Waals surface area (Å²) in [6.07, 6.45) is 1.59. The summed E-state index contributed by atoms with van der Waals surface area (Å²) in [7, 11) is 3.88. The van der Waals surface area contributed by atoms with Gasteiger partial charge in [-0.3, -0.25) is 14.9 Å². The minimum Gasteiger partial charge on any atom is -0.469 e. The normalized spacial score (nSPS) is 12.0. The number of anilines is 1. The molecule has 2 aromatic heterocycles. The van der Waals surface area contributed by atoms with Gasteiger partial charge in [-0.1, -0.05) is 29.8 Å². The Morgan fingerprint density at radius 1 is 1.27 bits per heavy atom. The third-order valence-electron chi connectivity index (χ3n) is 4.60. The van der Waals surface area contributed by atoms with Crippen molar-refractivity contribution in [1.29, 1.82) is 0 Å². The number of carbonyl (C=O) groups excluding carboxylic acids is 2. The molecule has 0 saturated heterocycles. The molecule has 7 nitrogen and oxygen atoms in total. The fourth-order valence-electron chi connectivity index (χ4n) is 2.98. The standard InChI is InChI=1S/C21H23ClN4O3S/c1-13-15(8-9-29-13)20(28)25-21-24-14(12-30-21)10-19(27)23-11-18(26(2)3)16-6-4-5-7-17(16)22/h4-9,12,18H,10-11H2,1-3H3,(H,23,27)(H,24,25,28). The number of benzene rings is 1. The predicted octanol–water partition coefficient (Wildman–Crippen LogP) is 3.91. The molecule has 0 aliphatic heterocycles. The van der Waals surface area contributed by atoms with Crippen LogP contribution < -0.4 is 10.6 Å². The summed E-state index contributed by atoms with van der Waals surface area (Å²) in [6, 6.07) is 9.15. The maximum Gasteiger partial charge on any atom is 0.260 e. The van der Waals surface area contributed by atoms with Gasteiger partial charge in [0.2, 0.25) is 5.91 Å². The van der Waals surface area contributed by atoms with Crippen molar-refractivity contribution in [1.82, 2.24) is 15.2 Å². The van der Waals surface area contributed by atoms with Gasteiger partial charge in [0.15, 0.2) is 5.13 Å². The summed E-state index contributed by atoms with van der Waals surface area (Å²) in [4.78, 5) is 31.0. The van der Waals surface area contributed by atoms with Gasteiger partial charge in [-0.25, -0.2) is 4.98 Å². The number of furan rings is 1. The average molecular weight is 447 g/mol. The van der Waals surface area contributed by atoms with Gasteiger partial charge in [0.05, 0.1) is 30.0 Å². The molecule has 3 rings (SSSR count). The van der Waals surface area contributed by atoms with Gasteiger partial charge in [-0.05, 0) is 38.7 Å². The first-order valence-electron chi connectivity index (χ1n) is 9.32. The molecule has 158 valence electrons. The summed E-state index contributed by atoms with van der Waals surface area (Å²) in [5, 5.41) is 8.53. The summed E-state index contributed by atoms with van der Waals surface area (Å²) < 4.78 is 5.14. The third kappa shape index (κ3) is 5.47. The van der Waals surface area contributed by atoms with Crippen molar-refractivity contribution in [3.63, 3.8) is 0 Å². The number of halogens is 1. The lowest BCUT2D eigenvalue weighted by atomic mass is 10.1. The molecule has 0 saturated carbocycles. The Bertz CT molecular complexity index is 1030. The number of nitrogens with one attached hydrogen (secondary N) is 2. The van der Waals surface area contributed by atoms with Crippen LogP contribution in [0.25, 0.3) is 0 Å². The Kier molecular flexibility index (Phi) is 7.25. The van der Waals surface area contributed by atoms with Crippen molar-refractivity contribution in [3.05, 3.63) is 69.6 Å². The van der Waals surface area contributed by atoms with E-state index in [9.17, 15) is 9.59 Å². The first-order chi connectivity index (χ1) is 14.3. The second-order valence-electron chi connectivity index (χ2n) is 6.97. The quantitative estimate of drug-likeness (QED) is 0.547. The molecule has 1 unspecified atom stereocenters. The Morgan fingerprint density at radius 3 is 2.70 bits per heavy atom. The molecule has 2 heterocycles. The van der Waals surface area contributed by atoms with Crippen LogP contribution in [-0.4, -0.2) is 42.3 Å². The van der Waals surface area contributed by atoms with E-state index in [1.165, 1.54) is 17.6 Å². The van der Waals surface area contributed by atoms with Gasteiger partial charge >= 0.3 is 0 Å². The zero-order valence-corrected chi connectivity index (χ0v) is 18.5. The monoisotopic (exact) mass is 446 g/mol. The van der Waals surface area contributed by atoms with Crippen LogP contribution in [0, 0.1) is 6.92 Å². The lowest BCUT2D eigenvalue weighted by Gasteiger charge is -2.25. The van der Waals surface area contributed by atoms with E-state index in [1.807, 2.05) is 43.3 Å². The highest BCUT2D eigenvalue weighted by Crippen LogP contribution is 2.25. The number of thiazole rings is 1.